The minimum atomic E-state index is -4.73. The fourth-order valence-electron chi connectivity index (χ4n) is 1.36. The number of alkyl halides is 3. The third-order valence-corrected chi connectivity index (χ3v) is 3.28. The second-order valence-electron chi connectivity index (χ2n) is 3.96. The van der Waals surface area contributed by atoms with Crippen LogP contribution in [0.2, 0.25) is 0 Å². The van der Waals surface area contributed by atoms with Crippen molar-refractivity contribution >= 4 is 18.0 Å². The zero-order valence-electron chi connectivity index (χ0n) is 12.0. The lowest BCUT2D eigenvalue weighted by molar-refractivity contribution is -0.274. The Labute approximate surface area is 130 Å². The Morgan fingerprint density at radius 2 is 1.82 bits per heavy atom. The molecule has 0 aliphatic carbocycles. The number of carbonyl (C=O) groups excluding carboxylic acids is 1. The topological polar surface area (TPSA) is 35.5 Å². The highest BCUT2D eigenvalue weighted by atomic mass is 32.2. The SMILES string of the molecule is C/C=C(/C=O)S/C(=C/CC)Oc1ccc(OC(F)(F)F)cc1. The maximum absolute atomic E-state index is 12.1. The number of rotatable bonds is 7. The molecule has 0 amide bonds. The standard InChI is InChI=1S/C15H15F3O3S/c1-3-5-14(22-13(4-2)10-19)20-11-6-8-12(9-7-11)21-15(16,17)18/h4-10H,3H2,1-2H3/b13-4-,14-5+. The van der Waals surface area contributed by atoms with E-state index in [1.54, 1.807) is 19.1 Å². The molecule has 0 bridgehead atoms. The molecule has 0 heterocycles. The number of carbonyl (C=O) groups is 1. The van der Waals surface area contributed by atoms with E-state index in [1.165, 1.54) is 12.1 Å². The molecule has 0 aliphatic heterocycles. The third-order valence-electron chi connectivity index (χ3n) is 2.27. The van der Waals surface area contributed by atoms with Gasteiger partial charge in [-0.3, -0.25) is 4.79 Å². The maximum Gasteiger partial charge on any atom is 0.573 e. The van der Waals surface area contributed by atoms with E-state index in [0.29, 0.717) is 28.5 Å². The summed E-state index contributed by atoms with van der Waals surface area (Å²) < 4.78 is 45.5. The first-order valence-electron chi connectivity index (χ1n) is 6.41. The Morgan fingerprint density at radius 1 is 1.23 bits per heavy atom. The molecule has 3 nitrogen and oxygen atoms in total. The first kappa shape index (κ1) is 18.2. The number of thioether (sulfide) groups is 1. The van der Waals surface area contributed by atoms with E-state index in [-0.39, 0.29) is 5.75 Å². The van der Waals surface area contributed by atoms with E-state index >= 15 is 0 Å². The Balaban J connectivity index is 2.78. The van der Waals surface area contributed by atoms with E-state index in [1.807, 2.05) is 6.92 Å². The zero-order chi connectivity index (χ0) is 16.6. The Morgan fingerprint density at radius 3 is 2.27 bits per heavy atom. The van der Waals surface area contributed by atoms with Gasteiger partial charge in [-0.05, 0) is 55.4 Å². The lowest BCUT2D eigenvalue weighted by Gasteiger charge is -2.11. The monoisotopic (exact) mass is 332 g/mol. The highest BCUT2D eigenvalue weighted by molar-refractivity contribution is 8.07. The van der Waals surface area contributed by atoms with Crippen LogP contribution in [0, 0.1) is 0 Å². The predicted molar refractivity (Wildman–Crippen MR) is 79.5 cm³/mol. The zero-order valence-corrected chi connectivity index (χ0v) is 12.8. The van der Waals surface area contributed by atoms with Gasteiger partial charge in [0.15, 0.2) is 11.4 Å². The highest BCUT2D eigenvalue weighted by Gasteiger charge is 2.30. The van der Waals surface area contributed by atoms with Gasteiger partial charge in [-0.25, -0.2) is 0 Å². The van der Waals surface area contributed by atoms with Crippen LogP contribution in [0.5, 0.6) is 11.5 Å². The van der Waals surface area contributed by atoms with E-state index in [4.69, 9.17) is 4.74 Å². The van der Waals surface area contributed by atoms with Gasteiger partial charge in [-0.1, -0.05) is 13.0 Å². The number of ether oxygens (including phenoxy) is 2. The lowest BCUT2D eigenvalue weighted by atomic mass is 10.3. The van der Waals surface area contributed by atoms with Crippen LogP contribution in [0.15, 0.2) is 46.4 Å². The average Bonchev–Trinajstić information content (AvgIpc) is 2.45. The minimum Gasteiger partial charge on any atom is -0.451 e. The first-order chi connectivity index (χ1) is 10.4. The highest BCUT2D eigenvalue weighted by Crippen LogP contribution is 2.29. The molecule has 0 saturated heterocycles. The Bertz CT molecular complexity index is 548. The summed E-state index contributed by atoms with van der Waals surface area (Å²) in [6.45, 7) is 3.63. The minimum absolute atomic E-state index is 0.324. The summed E-state index contributed by atoms with van der Waals surface area (Å²) >= 11 is 1.14. The van der Waals surface area contributed by atoms with Crippen molar-refractivity contribution < 1.29 is 27.4 Å². The maximum atomic E-state index is 12.1. The molecule has 0 atom stereocenters. The van der Waals surface area contributed by atoms with Gasteiger partial charge >= 0.3 is 6.36 Å². The Hall–Kier alpha value is -1.89. The molecule has 0 unspecified atom stereocenters. The van der Waals surface area contributed by atoms with Gasteiger partial charge in [0.2, 0.25) is 0 Å². The van der Waals surface area contributed by atoms with Gasteiger partial charge in [-0.15, -0.1) is 13.2 Å². The van der Waals surface area contributed by atoms with Gasteiger partial charge < -0.3 is 9.47 Å². The molecule has 0 radical (unpaired) electrons. The molecule has 22 heavy (non-hydrogen) atoms. The molecule has 1 aromatic carbocycles. The molecule has 0 fully saturated rings. The molecule has 0 aliphatic rings. The van der Waals surface area contributed by atoms with Crippen LogP contribution in [-0.4, -0.2) is 12.6 Å². The normalized spacial score (nSPS) is 13.0. The molecule has 0 N–H and O–H groups in total. The summed E-state index contributed by atoms with van der Waals surface area (Å²) in [6.07, 6.45) is 0.0874. The fourth-order valence-corrected chi connectivity index (χ4v) is 2.15. The van der Waals surface area contributed by atoms with Crippen molar-refractivity contribution in [2.75, 3.05) is 0 Å². The van der Waals surface area contributed by atoms with Gasteiger partial charge in [0.05, 0.1) is 4.91 Å². The van der Waals surface area contributed by atoms with Crippen molar-refractivity contribution in [2.45, 2.75) is 26.6 Å². The van der Waals surface area contributed by atoms with Gasteiger partial charge in [0, 0.05) is 0 Å². The number of aldehydes is 1. The predicted octanol–water partition coefficient (Wildman–Crippen LogP) is 5.05. The number of hydrogen-bond donors (Lipinski definition) is 0. The van der Waals surface area contributed by atoms with Crippen LogP contribution >= 0.6 is 11.8 Å². The van der Waals surface area contributed by atoms with E-state index in [2.05, 4.69) is 4.74 Å². The van der Waals surface area contributed by atoms with E-state index < -0.39 is 6.36 Å². The van der Waals surface area contributed by atoms with Crippen LogP contribution in [-0.2, 0) is 4.79 Å². The molecule has 0 saturated carbocycles. The van der Waals surface area contributed by atoms with E-state index in [0.717, 1.165) is 23.9 Å². The summed E-state index contributed by atoms with van der Waals surface area (Å²) in [5.41, 5.74) is 0. The van der Waals surface area contributed by atoms with Crippen molar-refractivity contribution in [1.29, 1.82) is 0 Å². The van der Waals surface area contributed by atoms with Gasteiger partial charge in [-0.2, -0.15) is 0 Å². The number of allylic oxidation sites excluding steroid dienone is 3. The molecule has 0 aromatic heterocycles. The quantitative estimate of drug-likeness (QED) is 0.397. The van der Waals surface area contributed by atoms with Gasteiger partial charge in [0.25, 0.3) is 0 Å². The van der Waals surface area contributed by atoms with Crippen LogP contribution in [0.3, 0.4) is 0 Å². The van der Waals surface area contributed by atoms with Crippen LogP contribution in [0.4, 0.5) is 13.2 Å². The summed E-state index contributed by atoms with van der Waals surface area (Å²) in [6, 6.07) is 5.05. The van der Waals surface area contributed by atoms with Crippen molar-refractivity contribution in [3.8, 4) is 11.5 Å². The first-order valence-corrected chi connectivity index (χ1v) is 7.22. The summed E-state index contributed by atoms with van der Waals surface area (Å²) in [5.74, 6) is 0.0265. The number of benzene rings is 1. The summed E-state index contributed by atoms with van der Waals surface area (Å²) in [4.78, 5) is 11.3. The number of hydrogen-bond acceptors (Lipinski definition) is 4. The average molecular weight is 332 g/mol. The largest absolute Gasteiger partial charge is 0.573 e. The smallest absolute Gasteiger partial charge is 0.451 e. The van der Waals surface area contributed by atoms with E-state index in [9.17, 15) is 18.0 Å². The van der Waals surface area contributed by atoms with Crippen molar-refractivity contribution in [2.24, 2.45) is 0 Å². The van der Waals surface area contributed by atoms with Crippen molar-refractivity contribution in [1.82, 2.24) is 0 Å². The second-order valence-corrected chi connectivity index (χ2v) is 5.04. The van der Waals surface area contributed by atoms with Crippen molar-refractivity contribution in [3.63, 3.8) is 0 Å². The van der Waals surface area contributed by atoms with Crippen LogP contribution < -0.4 is 9.47 Å². The van der Waals surface area contributed by atoms with Crippen molar-refractivity contribution in [3.05, 3.63) is 46.4 Å². The molecule has 1 aromatic rings. The molecular formula is C15H15F3O3S. The Kier molecular flexibility index (Phi) is 7.04. The molecule has 1 rings (SSSR count). The molecule has 0 spiro atoms. The molecule has 120 valence electrons. The second kappa shape index (κ2) is 8.53. The fraction of sp³-hybridized carbons (Fsp3) is 0.267. The molecular weight excluding hydrogens is 317 g/mol. The third kappa shape index (κ3) is 6.71. The molecule has 7 heteroatoms. The van der Waals surface area contributed by atoms with Gasteiger partial charge in [0.1, 0.15) is 11.5 Å². The summed E-state index contributed by atoms with van der Waals surface area (Å²) in [5, 5.41) is 0.479. The number of halogens is 3. The lowest BCUT2D eigenvalue weighted by Crippen LogP contribution is -2.16. The van der Waals surface area contributed by atoms with Crippen LogP contribution in [0.1, 0.15) is 20.3 Å². The summed E-state index contributed by atoms with van der Waals surface area (Å²) in [7, 11) is 0. The van der Waals surface area contributed by atoms with Crippen LogP contribution in [0.25, 0.3) is 0 Å².